The van der Waals surface area contributed by atoms with Crippen LogP contribution in [0.5, 0.6) is 0 Å². The van der Waals surface area contributed by atoms with Crippen molar-refractivity contribution < 1.29 is 4.79 Å². The first kappa shape index (κ1) is 14.6. The van der Waals surface area contributed by atoms with Gasteiger partial charge in [-0.3, -0.25) is 9.48 Å². The van der Waals surface area contributed by atoms with Crippen molar-refractivity contribution in [3.8, 4) is 0 Å². The van der Waals surface area contributed by atoms with Crippen molar-refractivity contribution in [1.82, 2.24) is 20.0 Å². The molecule has 5 heteroatoms. The van der Waals surface area contributed by atoms with E-state index >= 15 is 0 Å². The maximum Gasteiger partial charge on any atom is 0.257 e. The molecule has 0 radical (unpaired) electrons. The summed E-state index contributed by atoms with van der Waals surface area (Å²) in [7, 11) is 0. The third-order valence-corrected chi connectivity index (χ3v) is 4.96. The topological polar surface area (TPSA) is 50.2 Å². The summed E-state index contributed by atoms with van der Waals surface area (Å²) in [5, 5.41) is 7.80. The van der Waals surface area contributed by atoms with Gasteiger partial charge in [0, 0.05) is 25.8 Å². The largest absolute Gasteiger partial charge is 0.339 e. The summed E-state index contributed by atoms with van der Waals surface area (Å²) in [5.74, 6) is 0.131. The predicted octanol–water partition coefficient (Wildman–Crippen LogP) is 1.85. The molecule has 3 rings (SSSR count). The first-order valence-corrected chi connectivity index (χ1v) is 7.95. The van der Waals surface area contributed by atoms with Crippen LogP contribution in [0.3, 0.4) is 0 Å². The van der Waals surface area contributed by atoms with Gasteiger partial charge in [0.05, 0.1) is 17.3 Å². The molecule has 0 atom stereocenters. The van der Waals surface area contributed by atoms with Gasteiger partial charge in [-0.25, -0.2) is 0 Å². The number of nitrogens with one attached hydrogen (secondary N) is 1. The highest BCUT2D eigenvalue weighted by atomic mass is 16.2. The number of carbonyl (C=O) groups is 1. The SMILES string of the molecule is CC(C)(C)n1cc(C(=O)N2CCC3(CCNC3)CC2)cn1. The standard InChI is InChI=1S/C16H26N4O/c1-15(2,3)20-11-13(10-18-20)14(21)19-8-5-16(6-9-19)4-7-17-12-16/h10-11,17H,4-9,12H2,1-3H3. The van der Waals surface area contributed by atoms with Gasteiger partial charge in [0.25, 0.3) is 5.91 Å². The number of rotatable bonds is 1. The van der Waals surface area contributed by atoms with Gasteiger partial charge in [-0.1, -0.05) is 0 Å². The maximum absolute atomic E-state index is 12.6. The summed E-state index contributed by atoms with van der Waals surface area (Å²) in [6, 6.07) is 0. The molecule has 3 heterocycles. The van der Waals surface area contributed by atoms with Crippen molar-refractivity contribution in [3.63, 3.8) is 0 Å². The van der Waals surface area contributed by atoms with Gasteiger partial charge in [0.15, 0.2) is 0 Å². The Hall–Kier alpha value is -1.36. The number of nitrogens with zero attached hydrogens (tertiary/aromatic N) is 3. The predicted molar refractivity (Wildman–Crippen MR) is 82.3 cm³/mol. The third-order valence-electron chi connectivity index (χ3n) is 4.96. The number of amides is 1. The molecule has 0 saturated carbocycles. The van der Waals surface area contributed by atoms with Crippen molar-refractivity contribution in [2.24, 2.45) is 5.41 Å². The van der Waals surface area contributed by atoms with Crippen LogP contribution in [0, 0.1) is 5.41 Å². The molecule has 0 bridgehead atoms. The van der Waals surface area contributed by atoms with Crippen molar-refractivity contribution in [2.75, 3.05) is 26.2 Å². The Bertz CT molecular complexity index is 513. The number of hydrogen-bond donors (Lipinski definition) is 1. The summed E-state index contributed by atoms with van der Waals surface area (Å²) < 4.78 is 1.87. The zero-order chi connectivity index (χ0) is 15.1. The summed E-state index contributed by atoms with van der Waals surface area (Å²) >= 11 is 0. The third kappa shape index (κ3) is 2.84. The second-order valence-electron chi connectivity index (χ2n) is 7.56. The molecule has 0 unspecified atom stereocenters. The first-order valence-electron chi connectivity index (χ1n) is 7.95. The second kappa shape index (κ2) is 5.13. The average Bonchev–Trinajstić information content (AvgIpc) is 3.08. The van der Waals surface area contributed by atoms with Gasteiger partial charge >= 0.3 is 0 Å². The average molecular weight is 290 g/mol. The summed E-state index contributed by atoms with van der Waals surface area (Å²) in [4.78, 5) is 14.6. The monoisotopic (exact) mass is 290 g/mol. The van der Waals surface area contributed by atoms with Gasteiger partial charge in [0.1, 0.15) is 0 Å². The minimum absolute atomic E-state index is 0.0833. The van der Waals surface area contributed by atoms with Crippen LogP contribution in [0.4, 0.5) is 0 Å². The van der Waals surface area contributed by atoms with Crippen molar-refractivity contribution in [2.45, 2.75) is 45.6 Å². The van der Waals surface area contributed by atoms with Crippen LogP contribution in [0.2, 0.25) is 0 Å². The van der Waals surface area contributed by atoms with Gasteiger partial charge in [0.2, 0.25) is 0 Å². The minimum Gasteiger partial charge on any atom is -0.339 e. The summed E-state index contributed by atoms with van der Waals surface area (Å²) in [5.41, 5.74) is 1.08. The number of carbonyl (C=O) groups excluding carboxylic acids is 1. The van der Waals surface area contributed by atoms with E-state index in [9.17, 15) is 4.79 Å². The Morgan fingerprint density at radius 3 is 2.52 bits per heavy atom. The van der Waals surface area contributed by atoms with E-state index in [4.69, 9.17) is 0 Å². The van der Waals surface area contributed by atoms with E-state index in [1.165, 1.54) is 6.42 Å². The van der Waals surface area contributed by atoms with E-state index in [1.807, 2.05) is 15.8 Å². The van der Waals surface area contributed by atoms with Crippen molar-refractivity contribution in [3.05, 3.63) is 18.0 Å². The fourth-order valence-electron chi connectivity index (χ4n) is 3.39. The molecule has 116 valence electrons. The van der Waals surface area contributed by atoms with Gasteiger partial charge in [-0.05, 0) is 52.0 Å². The van der Waals surface area contributed by atoms with Crippen LogP contribution in [0.15, 0.2) is 12.4 Å². The van der Waals surface area contributed by atoms with Crippen LogP contribution in [-0.4, -0.2) is 46.8 Å². The number of piperidine rings is 1. The Kier molecular flexibility index (Phi) is 3.56. The van der Waals surface area contributed by atoms with Gasteiger partial charge in [-0.2, -0.15) is 5.10 Å². The fourth-order valence-corrected chi connectivity index (χ4v) is 3.39. The molecule has 0 aromatic carbocycles. The lowest BCUT2D eigenvalue weighted by atomic mass is 9.78. The first-order chi connectivity index (χ1) is 9.90. The Morgan fingerprint density at radius 1 is 1.29 bits per heavy atom. The maximum atomic E-state index is 12.6. The Balaban J connectivity index is 1.65. The van der Waals surface area contributed by atoms with Crippen molar-refractivity contribution in [1.29, 1.82) is 0 Å². The Morgan fingerprint density at radius 2 is 2.00 bits per heavy atom. The normalized spacial score (nSPS) is 22.0. The van der Waals surface area contributed by atoms with Crippen molar-refractivity contribution >= 4 is 5.91 Å². The molecule has 2 fully saturated rings. The van der Waals surface area contributed by atoms with E-state index in [0.29, 0.717) is 11.0 Å². The van der Waals surface area contributed by atoms with Crippen LogP contribution >= 0.6 is 0 Å². The van der Waals surface area contributed by atoms with Gasteiger partial charge < -0.3 is 10.2 Å². The van der Waals surface area contributed by atoms with Crippen LogP contribution in [0.25, 0.3) is 0 Å². The number of hydrogen-bond acceptors (Lipinski definition) is 3. The van der Waals surface area contributed by atoms with E-state index in [-0.39, 0.29) is 11.4 Å². The highest BCUT2D eigenvalue weighted by Crippen LogP contribution is 2.37. The van der Waals surface area contributed by atoms with E-state index < -0.39 is 0 Å². The molecule has 2 aliphatic heterocycles. The lowest BCUT2D eigenvalue weighted by Crippen LogP contribution is -2.44. The fraction of sp³-hybridized carbons (Fsp3) is 0.750. The summed E-state index contributed by atoms with van der Waals surface area (Å²) in [6.45, 7) is 10.3. The molecule has 2 saturated heterocycles. The van der Waals surface area contributed by atoms with Crippen LogP contribution < -0.4 is 5.32 Å². The lowest BCUT2D eigenvalue weighted by molar-refractivity contribution is 0.0607. The molecule has 1 spiro atoms. The minimum atomic E-state index is -0.0833. The molecular weight excluding hydrogens is 264 g/mol. The Labute approximate surface area is 126 Å². The van der Waals surface area contributed by atoms with Gasteiger partial charge in [-0.15, -0.1) is 0 Å². The molecule has 0 aliphatic carbocycles. The highest BCUT2D eigenvalue weighted by molar-refractivity contribution is 5.93. The molecule has 1 aromatic rings. The van der Waals surface area contributed by atoms with E-state index in [2.05, 4.69) is 31.2 Å². The number of likely N-dealkylation sites (tertiary alicyclic amines) is 1. The molecule has 1 amide bonds. The van der Waals surface area contributed by atoms with Crippen LogP contribution in [-0.2, 0) is 5.54 Å². The van der Waals surface area contributed by atoms with E-state index in [1.54, 1.807) is 6.20 Å². The molecule has 1 aromatic heterocycles. The zero-order valence-corrected chi connectivity index (χ0v) is 13.4. The number of aromatic nitrogens is 2. The molecular formula is C16H26N4O. The molecule has 2 aliphatic rings. The highest BCUT2D eigenvalue weighted by Gasteiger charge is 2.38. The van der Waals surface area contributed by atoms with E-state index in [0.717, 1.165) is 39.0 Å². The second-order valence-corrected chi connectivity index (χ2v) is 7.56. The zero-order valence-electron chi connectivity index (χ0n) is 13.4. The summed E-state index contributed by atoms with van der Waals surface area (Å²) in [6.07, 6.45) is 7.09. The molecule has 1 N–H and O–H groups in total. The smallest absolute Gasteiger partial charge is 0.257 e. The molecule has 21 heavy (non-hydrogen) atoms. The molecule has 5 nitrogen and oxygen atoms in total. The quantitative estimate of drug-likeness (QED) is 0.859. The van der Waals surface area contributed by atoms with Crippen LogP contribution in [0.1, 0.15) is 50.4 Å². The lowest BCUT2D eigenvalue weighted by Gasteiger charge is -2.38.